The second kappa shape index (κ2) is 7.40. The summed E-state index contributed by atoms with van der Waals surface area (Å²) in [6.45, 7) is 2.69. The van der Waals surface area contributed by atoms with Crippen molar-refractivity contribution in [2.24, 2.45) is 0 Å². The van der Waals surface area contributed by atoms with Gasteiger partial charge in [0.1, 0.15) is 0 Å². The molecule has 0 unspecified atom stereocenters. The number of rotatable bonds is 7. The predicted molar refractivity (Wildman–Crippen MR) is 69.3 cm³/mol. The van der Waals surface area contributed by atoms with E-state index in [0.29, 0.717) is 23.9 Å². The van der Waals surface area contributed by atoms with Gasteiger partial charge in [0.15, 0.2) is 18.3 Å². The van der Waals surface area contributed by atoms with Gasteiger partial charge >= 0.3 is 0 Å². The molecule has 0 aliphatic carbocycles. The van der Waals surface area contributed by atoms with E-state index in [9.17, 15) is 0 Å². The normalized spacial score (nSPS) is 10.1. The number of hydrogen-bond acceptors (Lipinski definition) is 4. The van der Waals surface area contributed by atoms with Crippen LogP contribution >= 0.6 is 15.9 Å². The van der Waals surface area contributed by atoms with Gasteiger partial charge < -0.3 is 18.9 Å². The molecule has 0 bridgehead atoms. The van der Waals surface area contributed by atoms with E-state index in [-0.39, 0.29) is 6.79 Å². The Hall–Kier alpha value is -0.940. The highest BCUT2D eigenvalue weighted by atomic mass is 79.9. The molecule has 0 amide bonds. The maximum Gasteiger partial charge on any atom is 0.206 e. The van der Waals surface area contributed by atoms with E-state index < -0.39 is 0 Å². The number of hydrogen-bond donors (Lipinski definition) is 0. The largest absolute Gasteiger partial charge is 0.493 e. The molecule has 0 aliphatic rings. The van der Waals surface area contributed by atoms with E-state index in [1.165, 1.54) is 0 Å². The molecule has 4 nitrogen and oxygen atoms in total. The van der Waals surface area contributed by atoms with E-state index in [1.807, 2.05) is 19.1 Å². The minimum atomic E-state index is 0.177. The van der Waals surface area contributed by atoms with Gasteiger partial charge in [0.25, 0.3) is 0 Å². The van der Waals surface area contributed by atoms with Crippen molar-refractivity contribution in [3.63, 3.8) is 0 Å². The fourth-order valence-corrected chi connectivity index (χ4v) is 1.66. The highest BCUT2D eigenvalue weighted by molar-refractivity contribution is 9.08. The first-order chi connectivity index (χ1) is 8.26. The average molecular weight is 305 g/mol. The van der Waals surface area contributed by atoms with Crippen molar-refractivity contribution in [3.05, 3.63) is 17.7 Å². The summed E-state index contributed by atoms with van der Waals surface area (Å²) in [5.41, 5.74) is 1.06. The van der Waals surface area contributed by atoms with Gasteiger partial charge in [0.05, 0.1) is 14.2 Å². The molecule has 1 aromatic carbocycles. The third kappa shape index (κ3) is 3.78. The van der Waals surface area contributed by atoms with Gasteiger partial charge in [-0.15, -0.1) is 0 Å². The number of halogens is 1. The standard InChI is InChI=1S/C12H17BrO4/c1-4-16-8-17-12-10(14-2)5-9(7-13)6-11(12)15-3/h5-6H,4,7-8H2,1-3H3. The predicted octanol–water partition coefficient (Wildman–Crippen LogP) is 2.97. The Kier molecular flexibility index (Phi) is 6.15. The van der Waals surface area contributed by atoms with E-state index in [4.69, 9.17) is 18.9 Å². The zero-order chi connectivity index (χ0) is 12.7. The van der Waals surface area contributed by atoms with Crippen LogP contribution in [0.1, 0.15) is 12.5 Å². The van der Waals surface area contributed by atoms with Crippen LogP contribution in [0.5, 0.6) is 17.2 Å². The summed E-state index contributed by atoms with van der Waals surface area (Å²) in [5, 5.41) is 0.728. The average Bonchev–Trinajstić information content (AvgIpc) is 2.38. The summed E-state index contributed by atoms with van der Waals surface area (Å²) in [6.07, 6.45) is 0. The molecule has 0 aromatic heterocycles. The molecule has 0 atom stereocenters. The minimum absolute atomic E-state index is 0.177. The van der Waals surface area contributed by atoms with Crippen LogP contribution in [-0.2, 0) is 10.1 Å². The van der Waals surface area contributed by atoms with Crippen LogP contribution in [0, 0.1) is 0 Å². The summed E-state index contributed by atoms with van der Waals surface area (Å²) >= 11 is 3.40. The van der Waals surface area contributed by atoms with Crippen LogP contribution in [0.2, 0.25) is 0 Å². The molecular weight excluding hydrogens is 288 g/mol. The molecule has 0 radical (unpaired) electrons. The van der Waals surface area contributed by atoms with Crippen molar-refractivity contribution in [1.82, 2.24) is 0 Å². The van der Waals surface area contributed by atoms with Gasteiger partial charge in [-0.1, -0.05) is 15.9 Å². The zero-order valence-electron chi connectivity index (χ0n) is 10.3. The Labute approximate surface area is 110 Å². The van der Waals surface area contributed by atoms with Crippen molar-refractivity contribution in [2.45, 2.75) is 12.3 Å². The van der Waals surface area contributed by atoms with Crippen LogP contribution in [0.15, 0.2) is 12.1 Å². The monoisotopic (exact) mass is 304 g/mol. The fraction of sp³-hybridized carbons (Fsp3) is 0.500. The first kappa shape index (κ1) is 14.1. The highest BCUT2D eigenvalue weighted by Crippen LogP contribution is 2.39. The Balaban J connectivity index is 2.98. The maximum absolute atomic E-state index is 5.50. The summed E-state index contributed by atoms with van der Waals surface area (Å²) in [5.74, 6) is 1.84. The Morgan fingerprint density at radius 3 is 2.12 bits per heavy atom. The van der Waals surface area contributed by atoms with Crippen molar-refractivity contribution < 1.29 is 18.9 Å². The molecule has 96 valence electrons. The topological polar surface area (TPSA) is 36.9 Å². The van der Waals surface area contributed by atoms with Crippen molar-refractivity contribution >= 4 is 15.9 Å². The maximum atomic E-state index is 5.50. The summed E-state index contributed by atoms with van der Waals surface area (Å²) < 4.78 is 21.2. The fourth-order valence-electron chi connectivity index (χ4n) is 1.34. The summed E-state index contributed by atoms with van der Waals surface area (Å²) in [7, 11) is 3.20. The summed E-state index contributed by atoms with van der Waals surface area (Å²) in [4.78, 5) is 0. The van der Waals surface area contributed by atoms with Crippen LogP contribution in [0.25, 0.3) is 0 Å². The van der Waals surface area contributed by atoms with Gasteiger partial charge in [0.2, 0.25) is 5.75 Å². The molecule has 0 saturated heterocycles. The number of ether oxygens (including phenoxy) is 4. The third-order valence-electron chi connectivity index (χ3n) is 2.17. The van der Waals surface area contributed by atoms with E-state index in [1.54, 1.807) is 14.2 Å². The molecule has 1 rings (SSSR count). The molecule has 1 aromatic rings. The van der Waals surface area contributed by atoms with Crippen molar-refractivity contribution in [3.8, 4) is 17.2 Å². The molecule has 5 heteroatoms. The first-order valence-corrected chi connectivity index (χ1v) is 6.40. The van der Waals surface area contributed by atoms with Gasteiger partial charge in [-0.3, -0.25) is 0 Å². The third-order valence-corrected chi connectivity index (χ3v) is 2.81. The van der Waals surface area contributed by atoms with Crippen LogP contribution in [0.3, 0.4) is 0 Å². The van der Waals surface area contributed by atoms with Gasteiger partial charge in [-0.05, 0) is 24.6 Å². The lowest BCUT2D eigenvalue weighted by Gasteiger charge is -2.15. The van der Waals surface area contributed by atoms with Gasteiger partial charge in [0, 0.05) is 11.9 Å². The molecule has 0 fully saturated rings. The number of alkyl halides is 1. The number of benzene rings is 1. The van der Waals surface area contributed by atoms with Gasteiger partial charge in [-0.25, -0.2) is 0 Å². The molecule has 0 saturated carbocycles. The lowest BCUT2D eigenvalue weighted by atomic mass is 10.2. The quantitative estimate of drug-likeness (QED) is 0.441. The lowest BCUT2D eigenvalue weighted by molar-refractivity contribution is 0.0193. The van der Waals surface area contributed by atoms with Crippen LogP contribution in [0.4, 0.5) is 0 Å². The highest BCUT2D eigenvalue weighted by Gasteiger charge is 2.13. The first-order valence-electron chi connectivity index (χ1n) is 5.28. The van der Waals surface area contributed by atoms with Crippen molar-refractivity contribution in [1.29, 1.82) is 0 Å². The molecule has 0 N–H and O–H groups in total. The number of methoxy groups -OCH3 is 2. The van der Waals surface area contributed by atoms with E-state index in [0.717, 1.165) is 10.9 Å². The smallest absolute Gasteiger partial charge is 0.206 e. The van der Waals surface area contributed by atoms with Gasteiger partial charge in [-0.2, -0.15) is 0 Å². The molecular formula is C12H17BrO4. The Morgan fingerprint density at radius 2 is 1.71 bits per heavy atom. The Morgan fingerprint density at radius 1 is 1.12 bits per heavy atom. The Bertz CT molecular complexity index is 329. The summed E-state index contributed by atoms with van der Waals surface area (Å²) in [6, 6.07) is 3.80. The molecule has 0 heterocycles. The molecule has 0 aliphatic heterocycles. The second-order valence-corrected chi connectivity index (χ2v) is 3.78. The van der Waals surface area contributed by atoms with Crippen LogP contribution < -0.4 is 14.2 Å². The zero-order valence-corrected chi connectivity index (χ0v) is 11.9. The minimum Gasteiger partial charge on any atom is -0.493 e. The lowest BCUT2D eigenvalue weighted by Crippen LogP contribution is -2.05. The van der Waals surface area contributed by atoms with Crippen LogP contribution in [-0.4, -0.2) is 27.6 Å². The second-order valence-electron chi connectivity index (χ2n) is 3.22. The van der Waals surface area contributed by atoms with Crippen molar-refractivity contribution in [2.75, 3.05) is 27.6 Å². The van der Waals surface area contributed by atoms with E-state index >= 15 is 0 Å². The molecule has 0 spiro atoms. The molecule has 17 heavy (non-hydrogen) atoms. The SMILES string of the molecule is CCOCOc1c(OC)cc(CBr)cc1OC. The van der Waals surface area contributed by atoms with E-state index in [2.05, 4.69) is 15.9 Å².